The minimum absolute atomic E-state index is 0.0928. The quantitative estimate of drug-likeness (QED) is 0.737. The molecule has 0 bridgehead atoms. The molecule has 2 spiro atoms. The molecule has 0 radical (unpaired) electrons. The van der Waals surface area contributed by atoms with E-state index >= 15 is 0 Å². The maximum Gasteiger partial charge on any atom is 0.230 e. The lowest BCUT2D eigenvalue weighted by Crippen LogP contribution is -2.52. The molecule has 3 saturated heterocycles. The highest BCUT2D eigenvalue weighted by Crippen LogP contribution is 2.58. The Bertz CT molecular complexity index is 865. The Kier molecular flexibility index (Phi) is 5.37. The number of likely N-dealkylation sites (tertiary alicyclic amines) is 3. The molecule has 3 aliphatic heterocycles. The molecule has 5 heterocycles. The first-order valence-electron chi connectivity index (χ1n) is 11.2. The van der Waals surface area contributed by atoms with Crippen LogP contribution in [0.5, 0.6) is 0 Å². The molecular weight excluding hydrogens is 394 g/mol. The SMILES string of the molecule is CCN1CC[C@]2(CN(Cc3cccnc3)CC23CCN(Cc2nccs2)CC3)C1=O. The number of thiazole rings is 1. The van der Waals surface area contributed by atoms with E-state index in [9.17, 15) is 4.79 Å². The van der Waals surface area contributed by atoms with Gasteiger partial charge in [0.15, 0.2) is 0 Å². The average molecular weight is 426 g/mol. The van der Waals surface area contributed by atoms with Crippen molar-refractivity contribution in [3.05, 3.63) is 46.7 Å². The first-order valence-corrected chi connectivity index (χ1v) is 12.0. The number of aromatic nitrogens is 2. The number of hydrogen-bond donors (Lipinski definition) is 0. The van der Waals surface area contributed by atoms with Crippen molar-refractivity contribution in [2.75, 3.05) is 39.3 Å². The minimum Gasteiger partial charge on any atom is -0.342 e. The van der Waals surface area contributed by atoms with Crippen molar-refractivity contribution < 1.29 is 4.79 Å². The van der Waals surface area contributed by atoms with Gasteiger partial charge in [0.1, 0.15) is 5.01 Å². The largest absolute Gasteiger partial charge is 0.342 e. The number of nitrogens with zero attached hydrogens (tertiary/aromatic N) is 5. The Morgan fingerprint density at radius 2 is 1.93 bits per heavy atom. The lowest BCUT2D eigenvalue weighted by molar-refractivity contribution is -0.142. The lowest BCUT2D eigenvalue weighted by Gasteiger charge is -2.47. The predicted octanol–water partition coefficient (Wildman–Crippen LogP) is 2.87. The van der Waals surface area contributed by atoms with E-state index in [1.165, 1.54) is 10.6 Å². The molecule has 2 aromatic rings. The maximum absolute atomic E-state index is 13.6. The van der Waals surface area contributed by atoms with Gasteiger partial charge in [-0.1, -0.05) is 6.07 Å². The molecule has 3 aliphatic rings. The smallest absolute Gasteiger partial charge is 0.230 e. The summed E-state index contributed by atoms with van der Waals surface area (Å²) in [5.74, 6) is 0.409. The van der Waals surface area contributed by atoms with Gasteiger partial charge in [0.2, 0.25) is 5.91 Å². The van der Waals surface area contributed by atoms with Crippen molar-refractivity contribution >= 4 is 17.2 Å². The Labute approximate surface area is 182 Å². The summed E-state index contributed by atoms with van der Waals surface area (Å²) in [5.41, 5.74) is 1.12. The summed E-state index contributed by atoms with van der Waals surface area (Å²) in [6, 6.07) is 4.16. The number of piperidine rings is 1. The molecule has 0 unspecified atom stereocenters. The molecule has 1 amide bonds. The summed E-state index contributed by atoms with van der Waals surface area (Å²) in [5, 5.41) is 3.25. The van der Waals surface area contributed by atoms with Crippen molar-refractivity contribution in [2.45, 2.75) is 39.3 Å². The standard InChI is InChI=1S/C23H31N5OS/c1-2-28-12-7-23(21(28)29)18-27(15-19-4-3-8-24-14-19)17-22(23)5-10-26(11-6-22)16-20-25-9-13-30-20/h3-4,8-9,13-14H,2,5-7,10-12,15-18H2,1H3/t23-/m0/s1. The van der Waals surface area contributed by atoms with Gasteiger partial charge in [-0.25, -0.2) is 4.98 Å². The molecule has 3 fully saturated rings. The van der Waals surface area contributed by atoms with Gasteiger partial charge in [-0.2, -0.15) is 0 Å². The Hall–Kier alpha value is -1.83. The molecule has 2 aromatic heterocycles. The molecule has 30 heavy (non-hydrogen) atoms. The molecule has 0 N–H and O–H groups in total. The topological polar surface area (TPSA) is 52.6 Å². The van der Waals surface area contributed by atoms with Gasteiger partial charge >= 0.3 is 0 Å². The van der Waals surface area contributed by atoms with Gasteiger partial charge in [-0.05, 0) is 50.9 Å². The number of carbonyl (C=O) groups is 1. The Morgan fingerprint density at radius 3 is 2.60 bits per heavy atom. The fourth-order valence-electron chi connectivity index (χ4n) is 6.12. The maximum atomic E-state index is 13.6. The van der Waals surface area contributed by atoms with Crippen LogP contribution in [0.15, 0.2) is 36.1 Å². The van der Waals surface area contributed by atoms with Crippen LogP contribution in [0.2, 0.25) is 0 Å². The third kappa shape index (κ3) is 3.37. The molecule has 0 saturated carbocycles. The van der Waals surface area contributed by atoms with Gasteiger partial charge in [-0.15, -0.1) is 11.3 Å². The number of pyridine rings is 1. The van der Waals surface area contributed by atoms with Gasteiger partial charge in [0.25, 0.3) is 0 Å². The van der Waals surface area contributed by atoms with E-state index in [4.69, 9.17) is 0 Å². The van der Waals surface area contributed by atoms with Crippen molar-refractivity contribution in [2.24, 2.45) is 10.8 Å². The monoisotopic (exact) mass is 425 g/mol. The van der Waals surface area contributed by atoms with Gasteiger partial charge in [0, 0.05) is 62.1 Å². The fraction of sp³-hybridized carbons (Fsp3) is 0.609. The second-order valence-electron chi connectivity index (χ2n) is 9.21. The number of hydrogen-bond acceptors (Lipinski definition) is 6. The minimum atomic E-state index is -0.210. The van der Waals surface area contributed by atoms with Gasteiger partial charge < -0.3 is 4.90 Å². The Balaban J connectivity index is 1.36. The normalized spacial score (nSPS) is 27.0. The van der Waals surface area contributed by atoms with Crippen LogP contribution >= 0.6 is 11.3 Å². The van der Waals surface area contributed by atoms with Crippen molar-refractivity contribution in [1.82, 2.24) is 24.7 Å². The number of fused-ring (bicyclic) bond motifs is 1. The van der Waals surface area contributed by atoms with Crippen LogP contribution in [-0.4, -0.2) is 69.8 Å². The van der Waals surface area contributed by atoms with Crippen LogP contribution in [0.25, 0.3) is 0 Å². The number of rotatable bonds is 5. The van der Waals surface area contributed by atoms with Crippen molar-refractivity contribution in [1.29, 1.82) is 0 Å². The van der Waals surface area contributed by atoms with Gasteiger partial charge in [0.05, 0.1) is 12.0 Å². The zero-order chi connectivity index (χ0) is 20.6. The first kappa shape index (κ1) is 20.1. The second-order valence-corrected chi connectivity index (χ2v) is 10.2. The summed E-state index contributed by atoms with van der Waals surface area (Å²) < 4.78 is 0. The van der Waals surface area contributed by atoms with Crippen LogP contribution in [0.4, 0.5) is 0 Å². The van der Waals surface area contributed by atoms with Crippen LogP contribution in [-0.2, 0) is 17.9 Å². The highest BCUT2D eigenvalue weighted by Gasteiger charge is 2.64. The van der Waals surface area contributed by atoms with E-state index in [1.54, 1.807) is 11.3 Å². The summed E-state index contributed by atoms with van der Waals surface area (Å²) in [7, 11) is 0. The van der Waals surface area contributed by atoms with E-state index < -0.39 is 0 Å². The van der Waals surface area contributed by atoms with Crippen LogP contribution in [0.1, 0.15) is 36.8 Å². The molecule has 0 aromatic carbocycles. The van der Waals surface area contributed by atoms with Crippen molar-refractivity contribution in [3.63, 3.8) is 0 Å². The van der Waals surface area contributed by atoms with E-state index in [0.717, 1.165) is 71.6 Å². The van der Waals surface area contributed by atoms with Crippen LogP contribution in [0.3, 0.4) is 0 Å². The first-order chi connectivity index (χ1) is 14.6. The van der Waals surface area contributed by atoms with E-state index in [1.807, 2.05) is 24.7 Å². The summed E-state index contributed by atoms with van der Waals surface area (Å²) in [6.07, 6.45) is 8.90. The summed E-state index contributed by atoms with van der Waals surface area (Å²) in [6.45, 7) is 9.72. The van der Waals surface area contributed by atoms with E-state index in [-0.39, 0.29) is 10.8 Å². The van der Waals surface area contributed by atoms with Crippen LogP contribution in [0, 0.1) is 10.8 Å². The lowest BCUT2D eigenvalue weighted by atomic mass is 9.60. The van der Waals surface area contributed by atoms with Crippen molar-refractivity contribution in [3.8, 4) is 0 Å². The van der Waals surface area contributed by atoms with Crippen LogP contribution < -0.4 is 0 Å². The van der Waals surface area contributed by atoms with E-state index in [0.29, 0.717) is 5.91 Å². The summed E-state index contributed by atoms with van der Waals surface area (Å²) in [4.78, 5) is 29.5. The zero-order valence-corrected chi connectivity index (χ0v) is 18.6. The summed E-state index contributed by atoms with van der Waals surface area (Å²) >= 11 is 1.74. The fourth-order valence-corrected chi connectivity index (χ4v) is 6.78. The average Bonchev–Trinajstić information content (AvgIpc) is 3.46. The molecule has 6 nitrogen and oxygen atoms in total. The third-order valence-corrected chi connectivity index (χ3v) is 8.47. The zero-order valence-electron chi connectivity index (χ0n) is 17.8. The second kappa shape index (κ2) is 8.02. The Morgan fingerprint density at radius 1 is 1.07 bits per heavy atom. The molecular formula is C23H31N5OS. The predicted molar refractivity (Wildman–Crippen MR) is 118 cm³/mol. The van der Waals surface area contributed by atoms with Gasteiger partial charge in [-0.3, -0.25) is 19.6 Å². The number of amides is 1. The van der Waals surface area contributed by atoms with E-state index in [2.05, 4.69) is 43.0 Å². The molecule has 160 valence electrons. The molecule has 1 atom stereocenters. The molecule has 5 rings (SSSR count). The highest BCUT2D eigenvalue weighted by atomic mass is 32.1. The third-order valence-electron chi connectivity index (χ3n) is 7.71. The highest BCUT2D eigenvalue weighted by molar-refractivity contribution is 7.09. The molecule has 7 heteroatoms. The number of carbonyl (C=O) groups excluding carboxylic acids is 1. The molecule has 0 aliphatic carbocycles.